The second kappa shape index (κ2) is 11.1. The highest BCUT2D eigenvalue weighted by Crippen LogP contribution is 2.32. The van der Waals surface area contributed by atoms with E-state index in [1.165, 1.54) is 11.8 Å². The molecule has 0 N–H and O–H groups in total. The maximum absolute atomic E-state index is 14.3. The minimum Gasteiger partial charge on any atom is -0.497 e. The van der Waals surface area contributed by atoms with E-state index >= 15 is 0 Å². The summed E-state index contributed by atoms with van der Waals surface area (Å²) < 4.78 is 40.6. The summed E-state index contributed by atoms with van der Waals surface area (Å²) in [6.45, 7) is 2.60. The van der Waals surface area contributed by atoms with Gasteiger partial charge in [-0.15, -0.1) is 0 Å². The van der Waals surface area contributed by atoms with Crippen molar-refractivity contribution in [3.8, 4) is 5.75 Å². The number of rotatable bonds is 9. The first kappa shape index (κ1) is 25.0. The number of hydrogen-bond donors (Lipinski definition) is 0. The summed E-state index contributed by atoms with van der Waals surface area (Å²) in [6.07, 6.45) is 0.706. The number of aromatic nitrogens is 2. The maximum atomic E-state index is 14.3. The molecule has 4 rings (SSSR count). The van der Waals surface area contributed by atoms with Crippen molar-refractivity contribution < 1.29 is 23.0 Å². The largest absolute Gasteiger partial charge is 0.497 e. The lowest BCUT2D eigenvalue weighted by Crippen LogP contribution is -2.05. The monoisotopic (exact) mass is 516 g/mol. The molecule has 0 fully saturated rings. The fourth-order valence-corrected chi connectivity index (χ4v) is 5.01. The van der Waals surface area contributed by atoms with Crippen LogP contribution < -0.4 is 4.74 Å². The fourth-order valence-electron chi connectivity index (χ4n) is 3.65. The van der Waals surface area contributed by atoms with Gasteiger partial charge in [0.25, 0.3) is 0 Å². The van der Waals surface area contributed by atoms with Crippen LogP contribution in [-0.2, 0) is 23.5 Å². The molecular formula is C26H23ClF2N2O3S. The molecule has 4 aromatic rings. The van der Waals surface area contributed by atoms with Crippen LogP contribution in [-0.4, -0.2) is 29.2 Å². The van der Waals surface area contributed by atoms with E-state index in [9.17, 15) is 13.6 Å². The van der Waals surface area contributed by atoms with E-state index < -0.39 is 17.6 Å². The van der Waals surface area contributed by atoms with E-state index in [0.29, 0.717) is 29.2 Å². The third kappa shape index (κ3) is 5.60. The van der Waals surface area contributed by atoms with E-state index in [4.69, 9.17) is 26.1 Å². The lowest BCUT2D eigenvalue weighted by molar-refractivity contribution is 0.0526. The highest BCUT2D eigenvalue weighted by Gasteiger charge is 2.18. The van der Waals surface area contributed by atoms with E-state index in [1.807, 2.05) is 34.9 Å². The average molecular weight is 517 g/mol. The van der Waals surface area contributed by atoms with Crippen LogP contribution in [0.4, 0.5) is 8.78 Å². The van der Waals surface area contributed by atoms with Gasteiger partial charge in [-0.2, -0.15) is 0 Å². The molecule has 1 aromatic heterocycles. The number of aryl methyl sites for hydroxylation is 2. The van der Waals surface area contributed by atoms with Crippen molar-refractivity contribution in [3.63, 3.8) is 0 Å². The molecule has 0 radical (unpaired) electrons. The summed E-state index contributed by atoms with van der Waals surface area (Å²) in [4.78, 5) is 16.9. The zero-order valence-electron chi connectivity index (χ0n) is 19.2. The second-order valence-electron chi connectivity index (χ2n) is 7.68. The van der Waals surface area contributed by atoms with Crippen LogP contribution >= 0.6 is 23.4 Å². The van der Waals surface area contributed by atoms with Gasteiger partial charge >= 0.3 is 5.97 Å². The van der Waals surface area contributed by atoms with Crippen molar-refractivity contribution >= 4 is 40.4 Å². The third-order valence-electron chi connectivity index (χ3n) is 5.49. The van der Waals surface area contributed by atoms with Crippen LogP contribution in [0.3, 0.4) is 0 Å². The van der Waals surface area contributed by atoms with Crippen molar-refractivity contribution in [2.75, 3.05) is 13.7 Å². The lowest BCUT2D eigenvalue weighted by Gasteiger charge is -2.11. The molecule has 0 atom stereocenters. The molecule has 0 aliphatic carbocycles. The van der Waals surface area contributed by atoms with Gasteiger partial charge in [-0.25, -0.2) is 18.6 Å². The number of thioether (sulfide) groups is 1. The number of benzene rings is 3. The minimum absolute atomic E-state index is 0.0811. The molecular weight excluding hydrogens is 494 g/mol. The molecule has 5 nitrogen and oxygen atoms in total. The van der Waals surface area contributed by atoms with Crippen LogP contribution in [0.2, 0.25) is 5.02 Å². The van der Waals surface area contributed by atoms with Crippen LogP contribution in [0.1, 0.15) is 28.4 Å². The molecule has 3 aromatic carbocycles. The summed E-state index contributed by atoms with van der Waals surface area (Å²) in [5.74, 6) is -0.798. The number of nitrogens with zero attached hydrogens (tertiary/aromatic N) is 2. The number of hydrogen-bond acceptors (Lipinski definition) is 5. The number of fused-ring (bicyclic) bond motifs is 1. The molecule has 0 bridgehead atoms. The van der Waals surface area contributed by atoms with Crippen molar-refractivity contribution in [2.45, 2.75) is 30.8 Å². The maximum Gasteiger partial charge on any atom is 0.338 e. The van der Waals surface area contributed by atoms with Crippen molar-refractivity contribution in [2.24, 2.45) is 0 Å². The zero-order chi connectivity index (χ0) is 24.9. The van der Waals surface area contributed by atoms with Gasteiger partial charge in [0.05, 0.1) is 35.3 Å². The number of imidazole rings is 1. The number of halogens is 3. The normalized spacial score (nSPS) is 11.1. The van der Waals surface area contributed by atoms with Gasteiger partial charge in [0.1, 0.15) is 17.4 Å². The molecule has 35 heavy (non-hydrogen) atoms. The van der Waals surface area contributed by atoms with Gasteiger partial charge < -0.3 is 14.0 Å². The van der Waals surface area contributed by atoms with Crippen LogP contribution in [0.25, 0.3) is 11.0 Å². The van der Waals surface area contributed by atoms with E-state index in [2.05, 4.69) is 0 Å². The van der Waals surface area contributed by atoms with E-state index in [0.717, 1.165) is 29.0 Å². The number of methoxy groups -OCH3 is 1. The molecule has 0 aliphatic rings. The molecule has 1 heterocycles. The predicted molar refractivity (Wildman–Crippen MR) is 133 cm³/mol. The Hall–Kier alpha value is -3.10. The predicted octanol–water partition coefficient (Wildman–Crippen LogP) is 6.69. The van der Waals surface area contributed by atoms with Gasteiger partial charge in [-0.05, 0) is 61.4 Å². The number of ether oxygens (including phenoxy) is 2. The van der Waals surface area contributed by atoms with Gasteiger partial charge in [0.2, 0.25) is 0 Å². The molecule has 0 aliphatic heterocycles. The highest BCUT2D eigenvalue weighted by molar-refractivity contribution is 7.98. The Morgan fingerprint density at radius 3 is 2.54 bits per heavy atom. The first-order valence-electron chi connectivity index (χ1n) is 11.0. The third-order valence-corrected chi connectivity index (χ3v) is 6.90. The van der Waals surface area contributed by atoms with E-state index in [1.54, 1.807) is 26.2 Å². The van der Waals surface area contributed by atoms with Crippen molar-refractivity contribution in [1.29, 1.82) is 0 Å². The molecule has 0 saturated carbocycles. The molecule has 9 heteroatoms. The number of carbonyl (C=O) groups is 1. The van der Waals surface area contributed by atoms with Crippen molar-refractivity contribution in [1.82, 2.24) is 9.55 Å². The zero-order valence-corrected chi connectivity index (χ0v) is 20.8. The second-order valence-corrected chi connectivity index (χ2v) is 9.00. The first-order chi connectivity index (χ1) is 16.9. The molecule has 0 unspecified atom stereocenters. The Bertz CT molecular complexity index is 1360. The van der Waals surface area contributed by atoms with Crippen molar-refractivity contribution in [3.05, 3.63) is 87.9 Å². The van der Waals surface area contributed by atoms with Gasteiger partial charge in [0, 0.05) is 17.9 Å². The first-order valence-corrected chi connectivity index (χ1v) is 12.3. The van der Waals surface area contributed by atoms with Gasteiger partial charge in [-0.3, -0.25) is 0 Å². The molecule has 0 spiro atoms. The topological polar surface area (TPSA) is 53.3 Å². The number of esters is 1. The summed E-state index contributed by atoms with van der Waals surface area (Å²) >= 11 is 7.27. The SMILES string of the molecule is CCOC(=O)c1ccc2c(c1)nc(SCc1c(F)ccc(F)c1Cl)n2CCc1ccc(OC)cc1. The Labute approximate surface area is 211 Å². The molecule has 0 saturated heterocycles. The Balaban J connectivity index is 1.66. The molecule has 182 valence electrons. The molecule has 0 amide bonds. The van der Waals surface area contributed by atoms with E-state index in [-0.39, 0.29) is 22.9 Å². The minimum atomic E-state index is -0.671. The fraction of sp³-hybridized carbons (Fsp3) is 0.231. The highest BCUT2D eigenvalue weighted by atomic mass is 35.5. The van der Waals surface area contributed by atoms with Crippen LogP contribution in [0, 0.1) is 11.6 Å². The average Bonchev–Trinajstić information content (AvgIpc) is 3.22. The quantitative estimate of drug-likeness (QED) is 0.141. The smallest absolute Gasteiger partial charge is 0.338 e. The van der Waals surface area contributed by atoms with Crippen LogP contribution in [0.15, 0.2) is 59.8 Å². The Morgan fingerprint density at radius 1 is 1.09 bits per heavy atom. The van der Waals surface area contributed by atoms with Gasteiger partial charge in [-0.1, -0.05) is 35.5 Å². The summed E-state index contributed by atoms with van der Waals surface area (Å²) in [6, 6.07) is 15.1. The summed E-state index contributed by atoms with van der Waals surface area (Å²) in [5, 5.41) is 0.372. The summed E-state index contributed by atoms with van der Waals surface area (Å²) in [7, 11) is 1.62. The summed E-state index contributed by atoms with van der Waals surface area (Å²) in [5.41, 5.74) is 3.01. The van der Waals surface area contributed by atoms with Crippen LogP contribution in [0.5, 0.6) is 5.75 Å². The standard InChI is InChI=1S/C26H23ClF2N2O3S/c1-3-34-25(32)17-6-11-23-22(14-17)30-26(35-15-19-20(28)9-10-21(29)24(19)27)31(23)13-12-16-4-7-18(33-2)8-5-16/h4-11,14H,3,12-13,15H2,1-2H3. The van der Waals surface area contributed by atoms with Gasteiger partial charge in [0.15, 0.2) is 5.16 Å². The number of carbonyl (C=O) groups excluding carboxylic acids is 1. The Kier molecular flexibility index (Phi) is 7.93. The lowest BCUT2D eigenvalue weighted by atomic mass is 10.1. The Morgan fingerprint density at radius 2 is 1.83 bits per heavy atom.